The number of rotatable bonds is 6. The number of thioether (sulfide) groups is 1. The third kappa shape index (κ3) is 7.55. The van der Waals surface area contributed by atoms with Gasteiger partial charge in [0.1, 0.15) is 11.6 Å². The van der Waals surface area contributed by atoms with Crippen LogP contribution in [0.2, 0.25) is 0 Å². The highest BCUT2D eigenvalue weighted by Gasteiger charge is 2.25. The second-order valence-corrected chi connectivity index (χ2v) is 8.87. The first-order valence-corrected chi connectivity index (χ1v) is 10.3. The monoisotopic (exact) mass is 429 g/mol. The molecule has 0 bridgehead atoms. The minimum atomic E-state index is -0.895. The summed E-state index contributed by atoms with van der Waals surface area (Å²) < 4.78 is 10.00. The number of nitrogens with one attached hydrogen (secondary N) is 1. The Hall–Kier alpha value is -2.80. The Morgan fingerprint density at radius 2 is 1.60 bits per heavy atom. The summed E-state index contributed by atoms with van der Waals surface area (Å²) in [6.45, 7) is 7.21. The number of amides is 1. The molecule has 1 N–H and O–H groups in total. The van der Waals surface area contributed by atoms with E-state index in [4.69, 9.17) is 9.47 Å². The van der Waals surface area contributed by atoms with Crippen LogP contribution in [0.3, 0.4) is 0 Å². The Labute approximate surface area is 181 Å². The third-order valence-corrected chi connectivity index (χ3v) is 4.97. The van der Waals surface area contributed by atoms with Gasteiger partial charge < -0.3 is 14.8 Å². The van der Waals surface area contributed by atoms with E-state index in [1.807, 2.05) is 31.2 Å². The molecule has 7 heteroatoms. The molecular weight excluding hydrogens is 402 g/mol. The Kier molecular flexibility index (Phi) is 8.06. The molecule has 0 fully saturated rings. The largest absolute Gasteiger partial charge is 0.467 e. The lowest BCUT2D eigenvalue weighted by Crippen LogP contribution is -2.45. The van der Waals surface area contributed by atoms with E-state index < -0.39 is 23.7 Å². The van der Waals surface area contributed by atoms with Crippen molar-refractivity contribution in [2.45, 2.75) is 50.7 Å². The van der Waals surface area contributed by atoms with Crippen LogP contribution in [0, 0.1) is 6.92 Å². The Bertz CT molecular complexity index is 885. The standard InChI is InChI=1S/C23H27NO5S/c1-15-6-12-18(13-7-15)30-21(26)17-10-8-16(9-11-17)14-19(20(25)28-5)24-22(27)29-23(2,3)4/h6-13,19H,14H2,1-5H3,(H,24,27). The summed E-state index contributed by atoms with van der Waals surface area (Å²) in [5.41, 5.74) is 1.79. The second-order valence-electron chi connectivity index (χ2n) is 7.83. The molecule has 2 aromatic rings. The molecule has 2 aromatic carbocycles. The fourth-order valence-corrected chi connectivity index (χ4v) is 3.31. The quantitative estimate of drug-likeness (QED) is 0.536. The SMILES string of the molecule is COC(=O)C(Cc1ccc(C(=O)Sc2ccc(C)cc2)cc1)NC(=O)OC(C)(C)C. The van der Waals surface area contributed by atoms with Crippen LogP contribution in [0.5, 0.6) is 0 Å². The molecule has 1 unspecified atom stereocenters. The van der Waals surface area contributed by atoms with Gasteiger partial charge in [-0.15, -0.1) is 0 Å². The summed E-state index contributed by atoms with van der Waals surface area (Å²) in [5, 5.41) is 2.47. The number of esters is 1. The zero-order valence-electron chi connectivity index (χ0n) is 17.9. The van der Waals surface area contributed by atoms with E-state index in [0.29, 0.717) is 5.56 Å². The molecule has 0 saturated heterocycles. The molecule has 0 saturated carbocycles. The molecule has 0 heterocycles. The number of carbonyl (C=O) groups excluding carboxylic acids is 3. The molecule has 0 radical (unpaired) electrons. The van der Waals surface area contributed by atoms with Crippen LogP contribution in [0.1, 0.15) is 42.3 Å². The topological polar surface area (TPSA) is 81.7 Å². The lowest BCUT2D eigenvalue weighted by atomic mass is 10.0. The number of benzene rings is 2. The van der Waals surface area contributed by atoms with Gasteiger partial charge in [-0.3, -0.25) is 4.79 Å². The number of ether oxygens (including phenoxy) is 2. The molecule has 0 aliphatic carbocycles. The first-order chi connectivity index (χ1) is 14.1. The zero-order chi connectivity index (χ0) is 22.3. The summed E-state index contributed by atoms with van der Waals surface area (Å²) in [7, 11) is 1.26. The average Bonchev–Trinajstić information content (AvgIpc) is 2.67. The van der Waals surface area contributed by atoms with Crippen molar-refractivity contribution in [3.05, 3.63) is 65.2 Å². The fourth-order valence-electron chi connectivity index (χ4n) is 2.57. The maximum atomic E-state index is 12.5. The zero-order valence-corrected chi connectivity index (χ0v) is 18.7. The van der Waals surface area contributed by atoms with Crippen LogP contribution in [0.15, 0.2) is 53.4 Å². The number of aryl methyl sites for hydroxylation is 1. The Morgan fingerprint density at radius 3 is 2.13 bits per heavy atom. The first-order valence-electron chi connectivity index (χ1n) is 9.52. The number of alkyl carbamates (subject to hydrolysis) is 1. The van der Waals surface area contributed by atoms with Gasteiger partial charge in [0.05, 0.1) is 7.11 Å². The normalized spacial score (nSPS) is 12.0. The van der Waals surface area contributed by atoms with Gasteiger partial charge in [0, 0.05) is 16.9 Å². The van der Waals surface area contributed by atoms with Crippen LogP contribution in [0.25, 0.3) is 0 Å². The van der Waals surface area contributed by atoms with Crippen molar-refractivity contribution >= 4 is 28.9 Å². The summed E-state index contributed by atoms with van der Waals surface area (Å²) in [4.78, 5) is 37.5. The van der Waals surface area contributed by atoms with E-state index in [1.165, 1.54) is 7.11 Å². The molecule has 6 nitrogen and oxygen atoms in total. The van der Waals surface area contributed by atoms with E-state index in [-0.39, 0.29) is 11.5 Å². The van der Waals surface area contributed by atoms with Crippen LogP contribution >= 0.6 is 11.8 Å². The van der Waals surface area contributed by atoms with Crippen molar-refractivity contribution in [1.29, 1.82) is 0 Å². The minimum Gasteiger partial charge on any atom is -0.467 e. The van der Waals surface area contributed by atoms with Gasteiger partial charge >= 0.3 is 12.1 Å². The average molecular weight is 430 g/mol. The van der Waals surface area contributed by atoms with Crippen molar-refractivity contribution in [3.8, 4) is 0 Å². The van der Waals surface area contributed by atoms with Gasteiger partial charge in [-0.1, -0.05) is 42.0 Å². The lowest BCUT2D eigenvalue weighted by Gasteiger charge is -2.22. The minimum absolute atomic E-state index is 0.0678. The molecule has 1 amide bonds. The summed E-state index contributed by atoms with van der Waals surface area (Å²) in [5.74, 6) is -0.573. The highest BCUT2D eigenvalue weighted by atomic mass is 32.2. The molecular formula is C23H27NO5S. The second kappa shape index (κ2) is 10.3. The van der Waals surface area contributed by atoms with E-state index in [0.717, 1.165) is 27.8 Å². The van der Waals surface area contributed by atoms with Crippen molar-refractivity contribution in [3.63, 3.8) is 0 Å². The molecule has 1 atom stereocenters. The maximum absolute atomic E-state index is 12.5. The molecule has 30 heavy (non-hydrogen) atoms. The van der Waals surface area contributed by atoms with Crippen LogP contribution < -0.4 is 5.32 Å². The third-order valence-electron chi connectivity index (χ3n) is 4.04. The summed E-state index contributed by atoms with van der Waals surface area (Å²) >= 11 is 1.16. The predicted octanol–water partition coefficient (Wildman–Crippen LogP) is 4.54. The van der Waals surface area contributed by atoms with Crippen molar-refractivity contribution in [2.24, 2.45) is 0 Å². The molecule has 0 aliphatic heterocycles. The Balaban J connectivity index is 2.03. The highest BCUT2D eigenvalue weighted by molar-refractivity contribution is 8.14. The van der Waals surface area contributed by atoms with Gasteiger partial charge in [0.15, 0.2) is 0 Å². The number of methoxy groups -OCH3 is 1. The fraction of sp³-hybridized carbons (Fsp3) is 0.348. The summed E-state index contributed by atoms with van der Waals surface area (Å²) in [6.07, 6.45) is -0.481. The highest BCUT2D eigenvalue weighted by Crippen LogP contribution is 2.23. The maximum Gasteiger partial charge on any atom is 0.408 e. The Morgan fingerprint density at radius 1 is 1.00 bits per heavy atom. The lowest BCUT2D eigenvalue weighted by molar-refractivity contribution is -0.143. The first kappa shape index (κ1) is 23.5. The summed E-state index contributed by atoms with van der Waals surface area (Å²) in [6, 6.07) is 13.8. The smallest absolute Gasteiger partial charge is 0.408 e. The van der Waals surface area contributed by atoms with Gasteiger partial charge in [-0.25, -0.2) is 9.59 Å². The van der Waals surface area contributed by atoms with Gasteiger partial charge in [0.2, 0.25) is 5.12 Å². The van der Waals surface area contributed by atoms with Crippen molar-refractivity contribution < 1.29 is 23.9 Å². The molecule has 2 rings (SSSR count). The van der Waals surface area contributed by atoms with Gasteiger partial charge in [0.25, 0.3) is 0 Å². The predicted molar refractivity (Wildman–Crippen MR) is 117 cm³/mol. The van der Waals surface area contributed by atoms with Crippen LogP contribution in [-0.4, -0.2) is 35.9 Å². The van der Waals surface area contributed by atoms with Crippen LogP contribution in [0.4, 0.5) is 4.79 Å². The molecule has 0 spiro atoms. The number of hydrogen-bond acceptors (Lipinski definition) is 6. The van der Waals surface area contributed by atoms with Gasteiger partial charge in [-0.2, -0.15) is 0 Å². The van der Waals surface area contributed by atoms with Crippen molar-refractivity contribution in [1.82, 2.24) is 5.32 Å². The molecule has 160 valence electrons. The number of carbonyl (C=O) groups is 3. The molecule has 0 aromatic heterocycles. The van der Waals surface area contributed by atoms with E-state index in [9.17, 15) is 14.4 Å². The number of hydrogen-bond donors (Lipinski definition) is 1. The van der Waals surface area contributed by atoms with E-state index in [1.54, 1.807) is 45.0 Å². The molecule has 0 aliphatic rings. The van der Waals surface area contributed by atoms with Crippen LogP contribution in [-0.2, 0) is 20.7 Å². The van der Waals surface area contributed by atoms with Crippen molar-refractivity contribution in [2.75, 3.05) is 7.11 Å². The van der Waals surface area contributed by atoms with Gasteiger partial charge in [-0.05, 0) is 57.2 Å². The van der Waals surface area contributed by atoms with E-state index in [2.05, 4.69) is 5.32 Å². The van der Waals surface area contributed by atoms with E-state index >= 15 is 0 Å².